The average molecular weight is 451 g/mol. The summed E-state index contributed by atoms with van der Waals surface area (Å²) in [5, 5.41) is -0.809. The molecule has 1 fully saturated rings. The number of rotatable bonds is 6. The van der Waals surface area contributed by atoms with E-state index in [2.05, 4.69) is 11.7 Å². The molecule has 164 valence electrons. The summed E-state index contributed by atoms with van der Waals surface area (Å²) in [4.78, 5) is 0. The summed E-state index contributed by atoms with van der Waals surface area (Å²) in [7, 11) is 0. The predicted molar refractivity (Wildman–Crippen MR) is 102 cm³/mol. The molecule has 0 aromatic heterocycles. The summed E-state index contributed by atoms with van der Waals surface area (Å²) in [6.45, 7) is 2.11. The number of hydrogen-bond acceptors (Lipinski definition) is 1. The van der Waals surface area contributed by atoms with Gasteiger partial charge in [0.2, 0.25) is 0 Å². The van der Waals surface area contributed by atoms with Crippen molar-refractivity contribution < 1.29 is 31.1 Å². The normalized spacial score (nSPS) is 19.7. The van der Waals surface area contributed by atoms with Crippen LogP contribution in [0.4, 0.5) is 26.3 Å². The summed E-state index contributed by atoms with van der Waals surface area (Å²) in [5.74, 6) is -6.61. The number of halogens is 7. The van der Waals surface area contributed by atoms with Crippen LogP contribution in [-0.2, 0) is 6.11 Å². The van der Waals surface area contributed by atoms with E-state index in [1.165, 1.54) is 6.07 Å². The van der Waals surface area contributed by atoms with Crippen molar-refractivity contribution in [1.29, 1.82) is 0 Å². The van der Waals surface area contributed by atoms with Crippen LogP contribution in [0.1, 0.15) is 62.5 Å². The third-order valence-electron chi connectivity index (χ3n) is 5.61. The van der Waals surface area contributed by atoms with Gasteiger partial charge in [0.05, 0.1) is 10.6 Å². The van der Waals surface area contributed by atoms with Crippen molar-refractivity contribution in [2.75, 3.05) is 0 Å². The maximum Gasteiger partial charge on any atom is 0.428 e. The van der Waals surface area contributed by atoms with Crippen molar-refractivity contribution in [1.82, 2.24) is 0 Å². The largest absolute Gasteiger partial charge is 0.429 e. The minimum absolute atomic E-state index is 0.112. The fourth-order valence-electron chi connectivity index (χ4n) is 4.07. The molecule has 30 heavy (non-hydrogen) atoms. The first kappa shape index (κ1) is 22.8. The zero-order chi connectivity index (χ0) is 22.1. The van der Waals surface area contributed by atoms with Crippen molar-refractivity contribution >= 4 is 11.6 Å². The summed E-state index contributed by atoms with van der Waals surface area (Å²) >= 11 is 5.89. The highest BCUT2D eigenvalue weighted by Crippen LogP contribution is 2.43. The molecule has 0 aliphatic heterocycles. The van der Waals surface area contributed by atoms with Crippen LogP contribution in [0.5, 0.6) is 5.75 Å². The molecule has 1 aliphatic rings. The van der Waals surface area contributed by atoms with Crippen LogP contribution in [0, 0.1) is 29.2 Å². The van der Waals surface area contributed by atoms with E-state index in [0.29, 0.717) is 5.92 Å². The van der Waals surface area contributed by atoms with Crippen LogP contribution in [0.25, 0.3) is 0 Å². The molecule has 0 bridgehead atoms. The second kappa shape index (κ2) is 9.08. The number of hydrogen-bond donors (Lipinski definition) is 0. The first-order valence-corrected chi connectivity index (χ1v) is 10.2. The van der Waals surface area contributed by atoms with E-state index < -0.39 is 45.7 Å². The summed E-state index contributed by atoms with van der Waals surface area (Å²) in [6.07, 6.45) is 1.39. The van der Waals surface area contributed by atoms with Crippen LogP contribution in [0.3, 0.4) is 0 Å². The molecule has 1 saturated carbocycles. The monoisotopic (exact) mass is 450 g/mol. The van der Waals surface area contributed by atoms with Gasteiger partial charge in [-0.2, -0.15) is 8.78 Å². The Balaban J connectivity index is 1.82. The molecule has 8 heteroatoms. The molecule has 1 nitrogen and oxygen atoms in total. The van der Waals surface area contributed by atoms with Crippen molar-refractivity contribution in [3.05, 3.63) is 63.7 Å². The zero-order valence-corrected chi connectivity index (χ0v) is 17.0. The van der Waals surface area contributed by atoms with E-state index in [4.69, 9.17) is 11.6 Å². The first-order chi connectivity index (χ1) is 14.1. The smallest absolute Gasteiger partial charge is 0.428 e. The van der Waals surface area contributed by atoms with E-state index in [1.54, 1.807) is 0 Å². The second-order valence-electron chi connectivity index (χ2n) is 7.66. The van der Waals surface area contributed by atoms with Gasteiger partial charge in [-0.3, -0.25) is 0 Å². The van der Waals surface area contributed by atoms with E-state index in [9.17, 15) is 26.3 Å². The third-order valence-corrected chi connectivity index (χ3v) is 5.98. The number of ether oxygens (including phenoxy) is 1. The minimum Gasteiger partial charge on any atom is -0.429 e. The molecular weight excluding hydrogens is 430 g/mol. The van der Waals surface area contributed by atoms with Crippen LogP contribution in [0.15, 0.2) is 24.3 Å². The molecule has 0 spiro atoms. The summed E-state index contributed by atoms with van der Waals surface area (Å²) < 4.78 is 87.8. The van der Waals surface area contributed by atoms with Crippen LogP contribution >= 0.6 is 11.6 Å². The van der Waals surface area contributed by atoms with E-state index >= 15 is 0 Å². The van der Waals surface area contributed by atoms with Crippen molar-refractivity contribution in [2.24, 2.45) is 5.92 Å². The summed E-state index contributed by atoms with van der Waals surface area (Å²) in [5.41, 5.74) is -0.705. The lowest BCUT2D eigenvalue weighted by Crippen LogP contribution is -2.24. The average Bonchev–Trinajstić information content (AvgIpc) is 2.68. The van der Waals surface area contributed by atoms with Gasteiger partial charge in [0.15, 0.2) is 17.5 Å². The van der Waals surface area contributed by atoms with E-state index in [1.807, 2.05) is 0 Å². The number of benzene rings is 2. The maximum absolute atomic E-state index is 14.9. The molecule has 0 unspecified atom stereocenters. The SMILES string of the molecule is CCCC1CCC(c2ccc(C(F)(F)Oc3cc(F)c(F)c(F)c3)c(Cl)c2F)CC1. The van der Waals surface area contributed by atoms with Crippen LogP contribution in [-0.4, -0.2) is 0 Å². The second-order valence-corrected chi connectivity index (χ2v) is 8.03. The first-order valence-electron chi connectivity index (χ1n) is 9.83. The van der Waals surface area contributed by atoms with Gasteiger partial charge in [0.25, 0.3) is 0 Å². The molecular formula is C22H21ClF6O. The van der Waals surface area contributed by atoms with E-state index in [-0.39, 0.29) is 23.6 Å². The maximum atomic E-state index is 14.9. The molecule has 3 rings (SSSR count). The Hall–Kier alpha value is -1.89. The van der Waals surface area contributed by atoms with Gasteiger partial charge in [-0.1, -0.05) is 37.4 Å². The Morgan fingerprint density at radius 2 is 1.57 bits per heavy atom. The van der Waals surface area contributed by atoms with Crippen molar-refractivity contribution in [3.8, 4) is 5.75 Å². The highest BCUT2D eigenvalue weighted by molar-refractivity contribution is 6.31. The van der Waals surface area contributed by atoms with Gasteiger partial charge in [-0.25, -0.2) is 17.6 Å². The Morgan fingerprint density at radius 1 is 0.967 bits per heavy atom. The molecule has 0 radical (unpaired) electrons. The van der Waals surface area contributed by atoms with Gasteiger partial charge in [-0.15, -0.1) is 0 Å². The molecule has 0 saturated heterocycles. The third kappa shape index (κ3) is 4.71. The lowest BCUT2D eigenvalue weighted by molar-refractivity contribution is -0.185. The topological polar surface area (TPSA) is 9.23 Å². The fraction of sp³-hybridized carbons (Fsp3) is 0.455. The molecule has 0 amide bonds. The number of alkyl halides is 2. The van der Waals surface area contributed by atoms with Crippen molar-refractivity contribution in [2.45, 2.75) is 57.5 Å². The van der Waals surface area contributed by atoms with Gasteiger partial charge >= 0.3 is 6.11 Å². The minimum atomic E-state index is -4.19. The molecule has 0 atom stereocenters. The molecule has 2 aromatic rings. The molecule has 1 aliphatic carbocycles. The van der Waals surface area contributed by atoms with Gasteiger partial charge < -0.3 is 4.74 Å². The predicted octanol–water partition coefficient (Wildman–Crippen LogP) is 8.10. The molecule has 2 aromatic carbocycles. The van der Waals surface area contributed by atoms with Gasteiger partial charge in [0, 0.05) is 12.1 Å². The summed E-state index contributed by atoms with van der Waals surface area (Å²) in [6, 6.07) is 2.76. The zero-order valence-electron chi connectivity index (χ0n) is 16.3. The Morgan fingerprint density at radius 3 is 2.13 bits per heavy atom. The Bertz CT molecular complexity index is 886. The standard InChI is InChI=1S/C22H21ClF6O/c1-2-3-12-4-6-13(7-5-12)15-8-9-16(19(23)20(15)26)22(28,29)30-14-10-17(24)21(27)18(25)11-14/h8-13H,2-7H2,1H3. The van der Waals surface area contributed by atoms with Crippen LogP contribution in [0.2, 0.25) is 5.02 Å². The van der Waals surface area contributed by atoms with Gasteiger partial charge in [-0.05, 0) is 49.1 Å². The lowest BCUT2D eigenvalue weighted by Gasteiger charge is -2.29. The molecule has 0 heterocycles. The van der Waals surface area contributed by atoms with Gasteiger partial charge in [0.1, 0.15) is 11.6 Å². The Kier molecular flexibility index (Phi) is 6.90. The highest BCUT2D eigenvalue weighted by atomic mass is 35.5. The van der Waals surface area contributed by atoms with Crippen molar-refractivity contribution in [3.63, 3.8) is 0 Å². The quantitative estimate of drug-likeness (QED) is 0.319. The van der Waals surface area contributed by atoms with Crippen LogP contribution < -0.4 is 4.74 Å². The van der Waals surface area contributed by atoms with E-state index in [0.717, 1.165) is 44.6 Å². The Labute approximate surface area is 176 Å². The molecule has 0 N–H and O–H groups in total. The lowest BCUT2D eigenvalue weighted by atomic mass is 9.77. The highest BCUT2D eigenvalue weighted by Gasteiger charge is 2.39. The fourth-order valence-corrected chi connectivity index (χ4v) is 4.35.